The van der Waals surface area contributed by atoms with Crippen molar-refractivity contribution in [3.63, 3.8) is 0 Å². The number of thioether (sulfide) groups is 1. The number of halogens is 1. The molecule has 9 heteroatoms. The number of nitrogens with zero attached hydrogens (tertiary/aromatic N) is 2. The van der Waals surface area contributed by atoms with Gasteiger partial charge in [-0.05, 0) is 13.0 Å². The Morgan fingerprint density at radius 1 is 1.32 bits per heavy atom. The third kappa shape index (κ3) is 5.65. The monoisotopic (exact) mass is 384 g/mol. The normalized spacial score (nSPS) is 11.9. The van der Waals surface area contributed by atoms with Crippen LogP contribution in [0.5, 0.6) is 5.75 Å². The van der Waals surface area contributed by atoms with Gasteiger partial charge in [0.05, 0.1) is 13.7 Å². The molecule has 0 unspecified atom stereocenters. The van der Waals surface area contributed by atoms with Gasteiger partial charge >= 0.3 is 0 Å². The Kier molecular flexibility index (Phi) is 7.60. The lowest BCUT2D eigenvalue weighted by atomic mass is 10.2. The van der Waals surface area contributed by atoms with Gasteiger partial charge in [-0.25, -0.2) is 14.4 Å². The van der Waals surface area contributed by atoms with Gasteiger partial charge in [-0.1, -0.05) is 35.8 Å². The van der Waals surface area contributed by atoms with E-state index in [0.29, 0.717) is 28.1 Å². The summed E-state index contributed by atoms with van der Waals surface area (Å²) in [5, 5.41) is 12.8. The number of nitrogens with one attached hydrogen (secondary N) is 2. The molecule has 0 radical (unpaired) electrons. The van der Waals surface area contributed by atoms with E-state index >= 15 is 0 Å². The van der Waals surface area contributed by atoms with E-state index in [9.17, 15) is 9.50 Å². The van der Waals surface area contributed by atoms with Crippen molar-refractivity contribution >= 4 is 35.3 Å². The van der Waals surface area contributed by atoms with Crippen LogP contribution in [0, 0.1) is 5.82 Å². The number of anilines is 2. The minimum Gasteiger partial charge on any atom is -0.494 e. The molecule has 1 aromatic heterocycles. The number of rotatable bonds is 9. The molecule has 1 heterocycles. The number of hydrogen-bond donors (Lipinski definition) is 3. The average molecular weight is 385 g/mol. The smallest absolute Gasteiger partial charge is 0.191 e. The highest BCUT2D eigenvalue weighted by Crippen LogP contribution is 2.28. The molecule has 0 aliphatic rings. The van der Waals surface area contributed by atoms with Crippen LogP contribution in [0.2, 0.25) is 0 Å². The summed E-state index contributed by atoms with van der Waals surface area (Å²) >= 11 is 2.74. The number of ether oxygens (including phenoxy) is 1. The molecule has 0 amide bonds. The molecular weight excluding hydrogens is 363 g/mol. The van der Waals surface area contributed by atoms with Crippen LogP contribution in [0.25, 0.3) is 0 Å². The maximum absolute atomic E-state index is 14.2. The predicted molar refractivity (Wildman–Crippen MR) is 102 cm³/mol. The van der Waals surface area contributed by atoms with E-state index < -0.39 is 0 Å². The Labute approximate surface area is 155 Å². The third-order valence-corrected chi connectivity index (χ3v) is 4.51. The van der Waals surface area contributed by atoms with Crippen molar-refractivity contribution in [3.05, 3.63) is 35.6 Å². The van der Waals surface area contributed by atoms with Crippen molar-refractivity contribution in [2.75, 3.05) is 30.0 Å². The van der Waals surface area contributed by atoms with E-state index in [1.165, 1.54) is 30.8 Å². The first-order valence-electron chi connectivity index (χ1n) is 7.57. The van der Waals surface area contributed by atoms with Gasteiger partial charge < -0.3 is 19.9 Å². The van der Waals surface area contributed by atoms with Crippen LogP contribution in [-0.2, 0) is 5.75 Å². The largest absolute Gasteiger partial charge is 0.494 e. The van der Waals surface area contributed by atoms with E-state index in [-0.39, 0.29) is 24.2 Å². The van der Waals surface area contributed by atoms with Crippen LogP contribution in [0.4, 0.5) is 16.0 Å². The molecule has 0 bridgehead atoms. The summed E-state index contributed by atoms with van der Waals surface area (Å²) in [5.74, 6) is 1.46. The molecule has 0 saturated heterocycles. The number of aromatic nitrogens is 2. The van der Waals surface area contributed by atoms with Crippen LogP contribution in [-0.4, -0.2) is 41.1 Å². The minimum atomic E-state index is -0.372. The topological polar surface area (TPSA) is 79.3 Å². The maximum Gasteiger partial charge on any atom is 0.191 e. The second-order valence-electron chi connectivity index (χ2n) is 5.18. The van der Waals surface area contributed by atoms with Crippen LogP contribution < -0.4 is 14.8 Å². The molecule has 1 aromatic carbocycles. The fraction of sp³-hybridized carbons (Fsp3) is 0.375. The third-order valence-electron chi connectivity index (χ3n) is 3.20. The molecular formula is C16H21FN4O2S2. The van der Waals surface area contributed by atoms with E-state index in [2.05, 4.69) is 20.0 Å². The highest BCUT2D eigenvalue weighted by Gasteiger charge is 2.12. The SMILES string of the molecule is COc1cccc(CSc2nc(NSC)cc(N[C@H](C)CO)n2)c1F. The Morgan fingerprint density at radius 3 is 2.76 bits per heavy atom. The van der Waals surface area contributed by atoms with Crippen molar-refractivity contribution in [1.82, 2.24) is 9.97 Å². The van der Waals surface area contributed by atoms with Crippen molar-refractivity contribution < 1.29 is 14.2 Å². The standard InChI is InChI=1S/C16H21FN4O2S2/c1-10(8-22)18-13-7-14(21-24-3)20-16(19-13)25-9-11-5-4-6-12(23-2)15(11)17/h4-7,10,22H,8-9H2,1-3H3,(H2,18,19,20,21)/t10-/m1/s1. The number of hydrogen-bond acceptors (Lipinski definition) is 8. The van der Waals surface area contributed by atoms with Crippen molar-refractivity contribution in [3.8, 4) is 5.75 Å². The summed E-state index contributed by atoms with van der Waals surface area (Å²) in [6.45, 7) is 1.84. The average Bonchev–Trinajstić information content (AvgIpc) is 2.61. The molecule has 2 aromatic rings. The number of aliphatic hydroxyl groups excluding tert-OH is 1. The summed E-state index contributed by atoms with van der Waals surface area (Å²) in [7, 11) is 1.44. The van der Waals surface area contributed by atoms with E-state index in [0.717, 1.165) is 0 Å². The van der Waals surface area contributed by atoms with Gasteiger partial charge in [0.2, 0.25) is 0 Å². The first kappa shape index (κ1) is 19.6. The lowest BCUT2D eigenvalue weighted by Crippen LogP contribution is -2.20. The molecule has 136 valence electrons. The summed E-state index contributed by atoms with van der Waals surface area (Å²) in [6, 6.07) is 6.67. The highest BCUT2D eigenvalue weighted by molar-refractivity contribution is 7.99. The van der Waals surface area contributed by atoms with Gasteiger partial charge in [0.25, 0.3) is 0 Å². The predicted octanol–water partition coefficient (Wildman–Crippen LogP) is 3.40. The van der Waals surface area contributed by atoms with Crippen LogP contribution in [0.1, 0.15) is 12.5 Å². The second-order valence-corrected chi connectivity index (χ2v) is 6.73. The number of aliphatic hydroxyl groups is 1. The van der Waals surface area contributed by atoms with Gasteiger partial charge in [-0.15, -0.1) is 0 Å². The van der Waals surface area contributed by atoms with Crippen LogP contribution in [0.3, 0.4) is 0 Å². The zero-order chi connectivity index (χ0) is 18.2. The molecule has 0 saturated carbocycles. The number of methoxy groups -OCH3 is 1. The zero-order valence-corrected chi connectivity index (χ0v) is 15.9. The molecule has 0 aliphatic carbocycles. The summed E-state index contributed by atoms with van der Waals surface area (Å²) in [5.41, 5.74) is 0.523. The Morgan fingerprint density at radius 2 is 2.08 bits per heavy atom. The molecule has 6 nitrogen and oxygen atoms in total. The molecule has 0 fully saturated rings. The van der Waals surface area contributed by atoms with Gasteiger partial charge in [0.1, 0.15) is 11.6 Å². The summed E-state index contributed by atoms with van der Waals surface area (Å²) in [6.07, 6.45) is 1.89. The molecule has 2 rings (SSSR count). The second kappa shape index (κ2) is 9.69. The van der Waals surface area contributed by atoms with E-state index in [1.807, 2.05) is 13.2 Å². The Balaban J connectivity index is 2.17. The van der Waals surface area contributed by atoms with Crippen LogP contribution in [0.15, 0.2) is 29.4 Å². The minimum absolute atomic E-state index is 0.00715. The van der Waals surface area contributed by atoms with E-state index in [1.54, 1.807) is 24.3 Å². The summed E-state index contributed by atoms with van der Waals surface area (Å²) in [4.78, 5) is 8.82. The molecule has 0 aliphatic heterocycles. The Hall–Kier alpha value is -1.71. The number of benzene rings is 1. The fourth-order valence-electron chi connectivity index (χ4n) is 1.99. The molecule has 1 atom stereocenters. The van der Waals surface area contributed by atoms with Gasteiger partial charge in [0.15, 0.2) is 16.7 Å². The lowest BCUT2D eigenvalue weighted by molar-refractivity contribution is 0.281. The first-order valence-corrected chi connectivity index (χ1v) is 9.78. The molecule has 0 spiro atoms. The zero-order valence-electron chi connectivity index (χ0n) is 14.2. The van der Waals surface area contributed by atoms with Crippen LogP contribution >= 0.6 is 23.7 Å². The quantitative estimate of drug-likeness (QED) is 0.345. The molecule has 25 heavy (non-hydrogen) atoms. The Bertz CT molecular complexity index is 706. The maximum atomic E-state index is 14.2. The molecule has 3 N–H and O–H groups in total. The fourth-order valence-corrected chi connectivity index (χ4v) is 3.13. The van der Waals surface area contributed by atoms with Gasteiger partial charge in [-0.2, -0.15) is 0 Å². The lowest BCUT2D eigenvalue weighted by Gasteiger charge is -2.14. The van der Waals surface area contributed by atoms with Gasteiger partial charge in [-0.3, -0.25) is 0 Å². The van der Waals surface area contributed by atoms with Crippen molar-refractivity contribution in [2.45, 2.75) is 23.9 Å². The van der Waals surface area contributed by atoms with Crippen molar-refractivity contribution in [1.29, 1.82) is 0 Å². The van der Waals surface area contributed by atoms with Gasteiger partial charge in [0, 0.05) is 29.7 Å². The van der Waals surface area contributed by atoms with E-state index in [4.69, 9.17) is 4.74 Å². The van der Waals surface area contributed by atoms with Crippen molar-refractivity contribution in [2.24, 2.45) is 0 Å². The first-order chi connectivity index (χ1) is 12.1. The summed E-state index contributed by atoms with van der Waals surface area (Å²) < 4.78 is 22.3. The highest BCUT2D eigenvalue weighted by atomic mass is 32.2.